The number of hydrogen-bond donors (Lipinski definition) is 1. The molecule has 1 fully saturated rings. The Morgan fingerprint density at radius 1 is 1.40 bits per heavy atom. The number of ether oxygens (including phenoxy) is 1. The quantitative estimate of drug-likeness (QED) is 0.802. The minimum absolute atomic E-state index is 0.328. The van der Waals surface area contributed by atoms with E-state index in [2.05, 4.69) is 17.2 Å². The average Bonchev–Trinajstić information content (AvgIpc) is 2.46. The molecule has 0 saturated carbocycles. The molecular formula is C12H18N2O. The van der Waals surface area contributed by atoms with Crippen molar-refractivity contribution in [3.63, 3.8) is 0 Å². The van der Waals surface area contributed by atoms with Gasteiger partial charge >= 0.3 is 0 Å². The second-order valence-electron chi connectivity index (χ2n) is 4.09. The normalized spacial score (nSPS) is 22.1. The molecule has 1 unspecified atom stereocenters. The van der Waals surface area contributed by atoms with Crippen LogP contribution in [0.1, 0.15) is 24.8 Å². The van der Waals surface area contributed by atoms with E-state index in [1.165, 1.54) is 12.0 Å². The highest BCUT2D eigenvalue weighted by Crippen LogP contribution is 2.15. The highest BCUT2D eigenvalue weighted by atomic mass is 16.5. The maximum atomic E-state index is 5.86. The zero-order valence-electron chi connectivity index (χ0n) is 9.20. The molecule has 1 saturated heterocycles. The van der Waals surface area contributed by atoms with E-state index in [0.717, 1.165) is 31.8 Å². The molecule has 1 N–H and O–H groups in total. The Kier molecular flexibility index (Phi) is 3.56. The van der Waals surface area contributed by atoms with Crippen LogP contribution in [0.4, 0.5) is 0 Å². The van der Waals surface area contributed by atoms with Crippen LogP contribution in [0.15, 0.2) is 18.3 Å². The van der Waals surface area contributed by atoms with Gasteiger partial charge < -0.3 is 10.1 Å². The molecule has 1 aromatic rings. The van der Waals surface area contributed by atoms with Crippen molar-refractivity contribution >= 4 is 0 Å². The number of aromatic nitrogens is 1. The van der Waals surface area contributed by atoms with Crippen molar-refractivity contribution in [1.82, 2.24) is 10.3 Å². The van der Waals surface area contributed by atoms with E-state index < -0.39 is 0 Å². The first-order valence-electron chi connectivity index (χ1n) is 5.64. The molecule has 1 aliphatic heterocycles. The van der Waals surface area contributed by atoms with E-state index >= 15 is 0 Å². The second-order valence-corrected chi connectivity index (χ2v) is 4.09. The summed E-state index contributed by atoms with van der Waals surface area (Å²) in [4.78, 5) is 4.22. The van der Waals surface area contributed by atoms with Crippen molar-refractivity contribution in [2.24, 2.45) is 0 Å². The molecule has 0 aromatic carbocycles. The van der Waals surface area contributed by atoms with Crippen LogP contribution in [0.3, 0.4) is 0 Å². The monoisotopic (exact) mass is 206 g/mol. The smallest absolute Gasteiger partial charge is 0.213 e. The van der Waals surface area contributed by atoms with Crippen molar-refractivity contribution < 1.29 is 4.74 Å². The largest absolute Gasteiger partial charge is 0.474 e. The van der Waals surface area contributed by atoms with E-state index in [1.807, 2.05) is 12.1 Å². The van der Waals surface area contributed by atoms with Gasteiger partial charge in [0.15, 0.2) is 0 Å². The molecular weight excluding hydrogens is 188 g/mol. The van der Waals surface area contributed by atoms with Crippen molar-refractivity contribution in [1.29, 1.82) is 0 Å². The van der Waals surface area contributed by atoms with Gasteiger partial charge in [0.1, 0.15) is 6.10 Å². The van der Waals surface area contributed by atoms with E-state index in [9.17, 15) is 0 Å². The lowest BCUT2D eigenvalue weighted by Crippen LogP contribution is -2.19. The Bertz CT molecular complexity index is 306. The van der Waals surface area contributed by atoms with Gasteiger partial charge in [-0.1, -0.05) is 0 Å². The summed E-state index contributed by atoms with van der Waals surface area (Å²) in [5.74, 6) is 0.766. The first-order chi connectivity index (χ1) is 7.34. The fourth-order valence-corrected chi connectivity index (χ4v) is 1.85. The third kappa shape index (κ3) is 3.20. The molecule has 0 amide bonds. The number of pyridine rings is 1. The molecule has 0 aliphatic carbocycles. The van der Waals surface area contributed by atoms with Gasteiger partial charge in [-0.15, -0.1) is 0 Å². The Morgan fingerprint density at radius 2 is 2.33 bits per heavy atom. The second kappa shape index (κ2) is 5.12. The molecule has 0 bridgehead atoms. The lowest BCUT2D eigenvalue weighted by Gasteiger charge is -2.15. The molecule has 15 heavy (non-hydrogen) atoms. The first-order valence-corrected chi connectivity index (χ1v) is 5.64. The Morgan fingerprint density at radius 3 is 3.20 bits per heavy atom. The average molecular weight is 206 g/mol. The van der Waals surface area contributed by atoms with Crippen LogP contribution in [-0.2, 0) is 0 Å². The van der Waals surface area contributed by atoms with Crippen LogP contribution in [0, 0.1) is 6.92 Å². The van der Waals surface area contributed by atoms with E-state index in [1.54, 1.807) is 6.20 Å². The Labute approximate surface area is 90.9 Å². The van der Waals surface area contributed by atoms with Crippen LogP contribution in [0.5, 0.6) is 5.88 Å². The zero-order chi connectivity index (χ0) is 10.5. The van der Waals surface area contributed by atoms with E-state index in [0.29, 0.717) is 6.10 Å². The van der Waals surface area contributed by atoms with E-state index in [4.69, 9.17) is 4.74 Å². The summed E-state index contributed by atoms with van der Waals surface area (Å²) in [7, 11) is 0. The van der Waals surface area contributed by atoms with Crippen molar-refractivity contribution in [3.05, 3.63) is 23.9 Å². The van der Waals surface area contributed by atoms with Gasteiger partial charge in [0, 0.05) is 12.3 Å². The molecule has 1 aromatic heterocycles. The maximum absolute atomic E-state index is 5.86. The number of nitrogens with zero attached hydrogens (tertiary/aromatic N) is 1. The number of aryl methyl sites for hydroxylation is 1. The third-order valence-corrected chi connectivity index (χ3v) is 2.70. The van der Waals surface area contributed by atoms with Gasteiger partial charge in [-0.05, 0) is 50.9 Å². The SMILES string of the molecule is Cc1ccnc(OC2CCCNCC2)c1. The van der Waals surface area contributed by atoms with Gasteiger partial charge in [0.25, 0.3) is 0 Å². The third-order valence-electron chi connectivity index (χ3n) is 2.70. The maximum Gasteiger partial charge on any atom is 0.213 e. The molecule has 0 radical (unpaired) electrons. The molecule has 2 heterocycles. The summed E-state index contributed by atoms with van der Waals surface area (Å²) in [6.45, 7) is 4.22. The van der Waals surface area contributed by atoms with Crippen LogP contribution in [-0.4, -0.2) is 24.2 Å². The van der Waals surface area contributed by atoms with Crippen LogP contribution >= 0.6 is 0 Å². The fourth-order valence-electron chi connectivity index (χ4n) is 1.85. The number of hydrogen-bond acceptors (Lipinski definition) is 3. The summed E-state index contributed by atoms with van der Waals surface area (Å²) < 4.78 is 5.86. The summed E-state index contributed by atoms with van der Waals surface area (Å²) in [6, 6.07) is 3.99. The molecule has 82 valence electrons. The van der Waals surface area contributed by atoms with Crippen LogP contribution < -0.4 is 10.1 Å². The lowest BCUT2D eigenvalue weighted by atomic mass is 10.1. The summed E-state index contributed by atoms with van der Waals surface area (Å²) in [5, 5.41) is 3.37. The minimum atomic E-state index is 0.328. The molecule has 3 heteroatoms. The highest BCUT2D eigenvalue weighted by Gasteiger charge is 2.13. The summed E-state index contributed by atoms with van der Waals surface area (Å²) in [6.07, 6.45) is 5.53. The molecule has 0 spiro atoms. The van der Waals surface area contributed by atoms with Crippen molar-refractivity contribution in [2.45, 2.75) is 32.3 Å². The van der Waals surface area contributed by atoms with Gasteiger partial charge in [-0.25, -0.2) is 4.98 Å². The molecule has 3 nitrogen and oxygen atoms in total. The van der Waals surface area contributed by atoms with Gasteiger partial charge in [0.05, 0.1) is 0 Å². The summed E-state index contributed by atoms with van der Waals surface area (Å²) in [5.41, 5.74) is 1.20. The number of nitrogens with one attached hydrogen (secondary N) is 1. The van der Waals surface area contributed by atoms with Gasteiger partial charge in [0.2, 0.25) is 5.88 Å². The van der Waals surface area contributed by atoms with Gasteiger partial charge in [-0.3, -0.25) is 0 Å². The fraction of sp³-hybridized carbons (Fsp3) is 0.583. The summed E-state index contributed by atoms with van der Waals surface area (Å²) >= 11 is 0. The zero-order valence-corrected chi connectivity index (χ0v) is 9.20. The molecule has 2 rings (SSSR count). The van der Waals surface area contributed by atoms with Crippen LogP contribution in [0.2, 0.25) is 0 Å². The minimum Gasteiger partial charge on any atom is -0.474 e. The lowest BCUT2D eigenvalue weighted by molar-refractivity contribution is 0.180. The van der Waals surface area contributed by atoms with Crippen LogP contribution in [0.25, 0.3) is 0 Å². The highest BCUT2D eigenvalue weighted by molar-refractivity contribution is 5.18. The van der Waals surface area contributed by atoms with E-state index in [-0.39, 0.29) is 0 Å². The van der Waals surface area contributed by atoms with Gasteiger partial charge in [-0.2, -0.15) is 0 Å². The predicted molar refractivity (Wildman–Crippen MR) is 60.1 cm³/mol. The topological polar surface area (TPSA) is 34.1 Å². The molecule has 1 atom stereocenters. The predicted octanol–water partition coefficient (Wildman–Crippen LogP) is 1.91. The Balaban J connectivity index is 1.95. The standard InChI is InChI=1S/C12H18N2O/c1-10-4-8-14-12(9-10)15-11-3-2-6-13-7-5-11/h4,8-9,11,13H,2-3,5-7H2,1H3. The Hall–Kier alpha value is -1.09. The van der Waals surface area contributed by atoms with Crippen molar-refractivity contribution in [2.75, 3.05) is 13.1 Å². The molecule has 1 aliphatic rings. The number of rotatable bonds is 2. The van der Waals surface area contributed by atoms with Crippen molar-refractivity contribution in [3.8, 4) is 5.88 Å². The first kappa shape index (κ1) is 10.4.